The van der Waals surface area contributed by atoms with Crippen LogP contribution >= 0.6 is 0 Å². The Kier molecular flexibility index (Phi) is 3.98. The highest BCUT2D eigenvalue weighted by Crippen LogP contribution is 2.37. The van der Waals surface area contributed by atoms with Crippen molar-refractivity contribution in [2.75, 3.05) is 31.2 Å². The summed E-state index contributed by atoms with van der Waals surface area (Å²) in [6, 6.07) is 6.23. The molecule has 1 saturated heterocycles. The van der Waals surface area contributed by atoms with Gasteiger partial charge in [0.2, 0.25) is 0 Å². The van der Waals surface area contributed by atoms with E-state index in [9.17, 15) is 5.26 Å². The van der Waals surface area contributed by atoms with Crippen molar-refractivity contribution in [3.8, 4) is 17.5 Å². The third-order valence-electron chi connectivity index (χ3n) is 4.86. The average Bonchev–Trinajstić information content (AvgIpc) is 3.14. The number of hydrogen-bond donors (Lipinski definition) is 0. The molecule has 2 aromatic heterocycles. The van der Waals surface area contributed by atoms with Crippen molar-refractivity contribution < 1.29 is 18.9 Å². The second kappa shape index (κ2) is 6.17. The molecule has 0 atom stereocenters. The molecule has 0 bridgehead atoms. The molecule has 0 aromatic carbocycles. The SMILES string of the molecule is CC1(C)Cc2c(C#N)c(N3CCOCC3)[nH+]c(-c3ccco3)c2CO1. The van der Waals surface area contributed by atoms with Gasteiger partial charge in [-0.05, 0) is 31.5 Å². The minimum atomic E-state index is -0.289. The number of ether oxygens (including phenoxy) is 2. The lowest BCUT2D eigenvalue weighted by molar-refractivity contribution is -0.354. The van der Waals surface area contributed by atoms with Crippen molar-refractivity contribution >= 4 is 5.82 Å². The molecule has 2 aliphatic rings. The Labute approximate surface area is 147 Å². The highest BCUT2D eigenvalue weighted by atomic mass is 16.5. The standard InChI is InChI=1S/C19H21N3O3/c1-19(2)10-13-14(11-20)18(22-5-8-23-9-6-22)21-17(15(13)12-25-19)16-4-3-7-24-16/h3-4,7H,5-6,8-10,12H2,1-2H3/p+1. The smallest absolute Gasteiger partial charge is 0.293 e. The number of morpholine rings is 1. The average molecular weight is 340 g/mol. The van der Waals surface area contributed by atoms with Gasteiger partial charge in [-0.1, -0.05) is 0 Å². The summed E-state index contributed by atoms with van der Waals surface area (Å²) in [5.74, 6) is 1.62. The van der Waals surface area contributed by atoms with E-state index in [2.05, 4.69) is 29.8 Å². The molecule has 6 heteroatoms. The molecule has 4 rings (SSSR count). The Morgan fingerprint density at radius 1 is 1.24 bits per heavy atom. The zero-order chi connectivity index (χ0) is 17.4. The van der Waals surface area contributed by atoms with E-state index in [1.54, 1.807) is 6.26 Å². The summed E-state index contributed by atoms with van der Waals surface area (Å²) >= 11 is 0. The Balaban J connectivity index is 1.92. The topological polar surface area (TPSA) is 72.8 Å². The van der Waals surface area contributed by atoms with Crippen LogP contribution in [0.1, 0.15) is 30.5 Å². The van der Waals surface area contributed by atoms with E-state index in [0.29, 0.717) is 31.8 Å². The minimum Gasteiger partial charge on any atom is -0.461 e. The van der Waals surface area contributed by atoms with Gasteiger partial charge < -0.3 is 13.9 Å². The van der Waals surface area contributed by atoms with E-state index in [1.807, 2.05) is 12.1 Å². The van der Waals surface area contributed by atoms with Gasteiger partial charge in [0.1, 0.15) is 24.7 Å². The van der Waals surface area contributed by atoms with Crippen molar-refractivity contribution in [3.63, 3.8) is 0 Å². The Hall–Kier alpha value is -2.36. The highest BCUT2D eigenvalue weighted by molar-refractivity contribution is 5.65. The molecule has 130 valence electrons. The summed E-state index contributed by atoms with van der Waals surface area (Å²) in [5.41, 5.74) is 3.40. The number of nitrogens with zero attached hydrogens (tertiary/aromatic N) is 2. The van der Waals surface area contributed by atoms with Gasteiger partial charge in [0.15, 0.2) is 11.5 Å². The number of aromatic amines is 1. The third-order valence-corrected chi connectivity index (χ3v) is 4.86. The zero-order valence-corrected chi connectivity index (χ0v) is 14.6. The molecular formula is C19H22N3O3+. The molecule has 25 heavy (non-hydrogen) atoms. The van der Waals surface area contributed by atoms with Crippen LogP contribution in [0.3, 0.4) is 0 Å². The summed E-state index contributed by atoms with van der Waals surface area (Å²) in [6.45, 7) is 7.46. The van der Waals surface area contributed by atoms with Crippen molar-refractivity contribution in [2.24, 2.45) is 0 Å². The van der Waals surface area contributed by atoms with Crippen molar-refractivity contribution in [2.45, 2.75) is 32.5 Å². The Morgan fingerprint density at radius 2 is 2.04 bits per heavy atom. The molecule has 0 spiro atoms. The predicted molar refractivity (Wildman–Crippen MR) is 91.0 cm³/mol. The van der Waals surface area contributed by atoms with Gasteiger partial charge in [-0.3, -0.25) is 4.90 Å². The molecule has 2 aliphatic heterocycles. The van der Waals surface area contributed by atoms with Crippen LogP contribution in [0.5, 0.6) is 0 Å². The second-order valence-corrected chi connectivity index (χ2v) is 7.09. The van der Waals surface area contributed by atoms with Crippen molar-refractivity contribution in [1.29, 1.82) is 5.26 Å². The van der Waals surface area contributed by atoms with Crippen LogP contribution < -0.4 is 9.88 Å². The fraction of sp³-hybridized carbons (Fsp3) is 0.474. The summed E-state index contributed by atoms with van der Waals surface area (Å²) in [5, 5.41) is 9.90. The minimum absolute atomic E-state index is 0.289. The summed E-state index contributed by atoms with van der Waals surface area (Å²) in [6.07, 6.45) is 2.36. The fourth-order valence-corrected chi connectivity index (χ4v) is 3.58. The largest absolute Gasteiger partial charge is 0.461 e. The van der Waals surface area contributed by atoms with E-state index in [4.69, 9.17) is 13.9 Å². The first kappa shape index (κ1) is 16.1. The van der Waals surface area contributed by atoms with Gasteiger partial charge in [0.25, 0.3) is 5.82 Å². The maximum absolute atomic E-state index is 9.90. The number of rotatable bonds is 2. The van der Waals surface area contributed by atoms with Crippen LogP contribution in [0.4, 0.5) is 5.82 Å². The van der Waals surface area contributed by atoms with Crippen LogP contribution in [0.15, 0.2) is 22.8 Å². The normalized spacial score (nSPS) is 19.3. The number of fused-ring (bicyclic) bond motifs is 1. The van der Waals surface area contributed by atoms with Crippen LogP contribution in [-0.2, 0) is 22.5 Å². The van der Waals surface area contributed by atoms with Gasteiger partial charge in [0, 0.05) is 12.0 Å². The molecule has 0 saturated carbocycles. The number of nitriles is 1. The number of furan rings is 1. The molecule has 6 nitrogen and oxygen atoms in total. The fourth-order valence-electron chi connectivity index (χ4n) is 3.58. The monoisotopic (exact) mass is 340 g/mol. The van der Waals surface area contributed by atoms with Gasteiger partial charge in [-0.15, -0.1) is 0 Å². The van der Waals surface area contributed by atoms with E-state index in [-0.39, 0.29) is 5.60 Å². The third kappa shape index (κ3) is 2.90. The molecule has 0 radical (unpaired) electrons. The lowest BCUT2D eigenvalue weighted by Crippen LogP contribution is -2.42. The quantitative estimate of drug-likeness (QED) is 0.839. The van der Waals surface area contributed by atoms with Gasteiger partial charge >= 0.3 is 0 Å². The first-order valence-corrected chi connectivity index (χ1v) is 8.61. The molecule has 0 aliphatic carbocycles. The number of anilines is 1. The van der Waals surface area contributed by atoms with Crippen molar-refractivity contribution in [3.05, 3.63) is 35.1 Å². The van der Waals surface area contributed by atoms with Crippen LogP contribution in [0, 0.1) is 11.3 Å². The summed E-state index contributed by atoms with van der Waals surface area (Å²) in [7, 11) is 0. The summed E-state index contributed by atoms with van der Waals surface area (Å²) in [4.78, 5) is 5.66. The Morgan fingerprint density at radius 3 is 2.72 bits per heavy atom. The molecule has 0 unspecified atom stereocenters. The zero-order valence-electron chi connectivity index (χ0n) is 14.6. The lowest BCUT2D eigenvalue weighted by Gasteiger charge is -2.33. The number of aromatic nitrogens is 1. The van der Waals surface area contributed by atoms with Gasteiger partial charge in [-0.2, -0.15) is 5.26 Å². The maximum atomic E-state index is 9.90. The highest BCUT2D eigenvalue weighted by Gasteiger charge is 2.36. The molecular weight excluding hydrogens is 318 g/mol. The van der Waals surface area contributed by atoms with Crippen LogP contribution in [-0.4, -0.2) is 31.9 Å². The van der Waals surface area contributed by atoms with E-state index >= 15 is 0 Å². The maximum Gasteiger partial charge on any atom is 0.293 e. The van der Waals surface area contributed by atoms with Crippen LogP contribution in [0.2, 0.25) is 0 Å². The number of pyridine rings is 1. The molecule has 1 N–H and O–H groups in total. The lowest BCUT2D eigenvalue weighted by atomic mass is 9.87. The molecule has 0 amide bonds. The first-order chi connectivity index (χ1) is 12.1. The van der Waals surface area contributed by atoms with Crippen LogP contribution in [0.25, 0.3) is 11.5 Å². The van der Waals surface area contributed by atoms with Gasteiger partial charge in [-0.25, -0.2) is 4.98 Å². The van der Waals surface area contributed by atoms with Gasteiger partial charge in [0.05, 0.1) is 31.7 Å². The predicted octanol–water partition coefficient (Wildman–Crippen LogP) is 2.32. The number of hydrogen-bond acceptors (Lipinski definition) is 5. The molecule has 2 aromatic rings. The number of H-pyrrole nitrogens is 1. The van der Waals surface area contributed by atoms with E-state index in [0.717, 1.165) is 41.5 Å². The van der Waals surface area contributed by atoms with E-state index in [1.165, 1.54) is 0 Å². The van der Waals surface area contributed by atoms with E-state index < -0.39 is 0 Å². The van der Waals surface area contributed by atoms with Crippen molar-refractivity contribution in [1.82, 2.24) is 0 Å². The molecule has 4 heterocycles. The molecule has 1 fully saturated rings. The first-order valence-electron chi connectivity index (χ1n) is 8.61. The summed E-state index contributed by atoms with van der Waals surface area (Å²) < 4.78 is 17.1. The second-order valence-electron chi connectivity index (χ2n) is 7.09. The number of nitrogens with one attached hydrogen (secondary N) is 1. The Bertz CT molecular complexity index is 815.